The van der Waals surface area contributed by atoms with Crippen LogP contribution in [0.3, 0.4) is 0 Å². The molecule has 0 aliphatic heterocycles. The fourth-order valence-electron chi connectivity index (χ4n) is 3.47. The summed E-state index contributed by atoms with van der Waals surface area (Å²) in [6.45, 7) is 7.01. The molecule has 0 aromatic carbocycles. The van der Waals surface area contributed by atoms with Crippen molar-refractivity contribution in [3.8, 4) is 0 Å². The van der Waals surface area contributed by atoms with Crippen LogP contribution in [0.25, 0.3) is 0 Å². The van der Waals surface area contributed by atoms with Crippen molar-refractivity contribution in [3.05, 3.63) is 0 Å². The minimum Gasteiger partial charge on any atom is -0.317 e. The summed E-state index contributed by atoms with van der Waals surface area (Å²) < 4.78 is 0. The molecule has 3 unspecified atom stereocenters. The third-order valence-electron chi connectivity index (χ3n) is 4.56. The lowest BCUT2D eigenvalue weighted by molar-refractivity contribution is 0.223. The van der Waals surface area contributed by atoms with Gasteiger partial charge in [-0.1, -0.05) is 33.1 Å². The van der Waals surface area contributed by atoms with Crippen molar-refractivity contribution in [1.82, 2.24) is 5.32 Å². The van der Waals surface area contributed by atoms with E-state index < -0.39 is 0 Å². The number of hydrogen-bond acceptors (Lipinski definition) is 1. The molecule has 2 fully saturated rings. The van der Waals surface area contributed by atoms with Gasteiger partial charge in [0.15, 0.2) is 0 Å². The molecule has 2 aliphatic carbocycles. The van der Waals surface area contributed by atoms with Gasteiger partial charge in [-0.15, -0.1) is 0 Å². The summed E-state index contributed by atoms with van der Waals surface area (Å²) in [5.41, 5.74) is 0.807. The van der Waals surface area contributed by atoms with Crippen molar-refractivity contribution in [2.75, 3.05) is 13.1 Å². The summed E-state index contributed by atoms with van der Waals surface area (Å²) in [7, 11) is 0. The zero-order valence-corrected chi connectivity index (χ0v) is 9.81. The van der Waals surface area contributed by atoms with Crippen LogP contribution >= 0.6 is 0 Å². The minimum atomic E-state index is 0.807. The second-order valence-electron chi connectivity index (χ2n) is 5.44. The lowest BCUT2D eigenvalue weighted by atomic mass is 9.76. The van der Waals surface area contributed by atoms with Crippen LogP contribution in [0.4, 0.5) is 0 Å². The van der Waals surface area contributed by atoms with E-state index >= 15 is 0 Å². The Hall–Kier alpha value is -0.0400. The van der Waals surface area contributed by atoms with Gasteiger partial charge in [-0.2, -0.15) is 0 Å². The topological polar surface area (TPSA) is 12.0 Å². The summed E-state index contributed by atoms with van der Waals surface area (Å²) in [6.07, 6.45) is 9.01. The lowest BCUT2D eigenvalue weighted by Gasteiger charge is -2.29. The number of nitrogens with one attached hydrogen (secondary N) is 1. The van der Waals surface area contributed by atoms with E-state index in [-0.39, 0.29) is 0 Å². The quantitative estimate of drug-likeness (QED) is 0.726. The minimum absolute atomic E-state index is 0.807. The third kappa shape index (κ3) is 1.98. The first kappa shape index (κ1) is 10.5. The Balaban J connectivity index is 1.80. The van der Waals surface area contributed by atoms with Gasteiger partial charge in [0.1, 0.15) is 0 Å². The molecule has 0 radical (unpaired) electrons. The van der Waals surface area contributed by atoms with E-state index in [1.165, 1.54) is 38.6 Å². The summed E-state index contributed by atoms with van der Waals surface area (Å²) >= 11 is 0. The van der Waals surface area contributed by atoms with Crippen LogP contribution in [0.5, 0.6) is 0 Å². The van der Waals surface area contributed by atoms with Crippen molar-refractivity contribution in [3.63, 3.8) is 0 Å². The molecule has 0 aromatic heterocycles. The second kappa shape index (κ2) is 4.22. The Bertz CT molecular complexity index is 190. The molecule has 3 atom stereocenters. The first-order valence-corrected chi connectivity index (χ1v) is 6.51. The van der Waals surface area contributed by atoms with Crippen molar-refractivity contribution in [1.29, 1.82) is 0 Å². The summed E-state index contributed by atoms with van der Waals surface area (Å²) in [6, 6.07) is 0. The third-order valence-corrected chi connectivity index (χ3v) is 4.56. The van der Waals surface area contributed by atoms with Gasteiger partial charge in [0.2, 0.25) is 0 Å². The first-order valence-electron chi connectivity index (χ1n) is 6.51. The highest BCUT2D eigenvalue weighted by Gasteiger charge is 2.54. The maximum atomic E-state index is 3.51. The predicted octanol–water partition coefficient (Wildman–Crippen LogP) is 3.20. The van der Waals surface area contributed by atoms with E-state index in [9.17, 15) is 0 Å². The zero-order chi connectivity index (χ0) is 10.0. The molecule has 0 aromatic rings. The molecule has 0 bridgehead atoms. The maximum Gasteiger partial charge on any atom is -0.00151 e. The fourth-order valence-corrected chi connectivity index (χ4v) is 3.47. The highest BCUT2D eigenvalue weighted by Crippen LogP contribution is 2.62. The number of hydrogen-bond donors (Lipinski definition) is 1. The molecule has 0 amide bonds. The fraction of sp³-hybridized carbons (Fsp3) is 1.00. The van der Waals surface area contributed by atoms with Crippen molar-refractivity contribution >= 4 is 0 Å². The summed E-state index contributed by atoms with van der Waals surface area (Å²) in [5, 5.41) is 3.51. The first-order chi connectivity index (χ1) is 6.80. The molecular formula is C13H25N. The Kier molecular flexibility index (Phi) is 3.16. The van der Waals surface area contributed by atoms with Gasteiger partial charge < -0.3 is 5.32 Å². The SMILES string of the molecule is CCNCC1CC12CCCC(CC)C2. The van der Waals surface area contributed by atoms with E-state index in [1.807, 2.05) is 0 Å². The Labute approximate surface area is 88.7 Å². The summed E-state index contributed by atoms with van der Waals surface area (Å²) in [4.78, 5) is 0. The predicted molar refractivity (Wildman–Crippen MR) is 61.3 cm³/mol. The van der Waals surface area contributed by atoms with Crippen molar-refractivity contribution in [2.45, 2.75) is 52.4 Å². The molecule has 82 valence electrons. The zero-order valence-electron chi connectivity index (χ0n) is 9.81. The lowest BCUT2D eigenvalue weighted by Crippen LogP contribution is -2.23. The largest absolute Gasteiger partial charge is 0.317 e. The number of rotatable bonds is 4. The van der Waals surface area contributed by atoms with Crippen molar-refractivity contribution < 1.29 is 0 Å². The average Bonchev–Trinajstić information content (AvgIpc) is 2.88. The van der Waals surface area contributed by atoms with E-state index in [4.69, 9.17) is 0 Å². The van der Waals surface area contributed by atoms with Gasteiger partial charge in [-0.25, -0.2) is 0 Å². The monoisotopic (exact) mass is 195 g/mol. The molecule has 1 N–H and O–H groups in total. The van der Waals surface area contributed by atoms with Crippen LogP contribution < -0.4 is 5.32 Å². The second-order valence-corrected chi connectivity index (χ2v) is 5.44. The van der Waals surface area contributed by atoms with Crippen LogP contribution in [0, 0.1) is 17.3 Å². The van der Waals surface area contributed by atoms with Crippen LogP contribution in [0.15, 0.2) is 0 Å². The Morgan fingerprint density at radius 3 is 2.86 bits per heavy atom. The summed E-state index contributed by atoms with van der Waals surface area (Å²) in [5.74, 6) is 2.08. The van der Waals surface area contributed by atoms with Crippen LogP contribution in [0.2, 0.25) is 0 Å². The van der Waals surface area contributed by atoms with Gasteiger partial charge in [-0.3, -0.25) is 0 Å². The van der Waals surface area contributed by atoms with E-state index in [2.05, 4.69) is 19.2 Å². The van der Waals surface area contributed by atoms with Gasteiger partial charge >= 0.3 is 0 Å². The van der Waals surface area contributed by atoms with Gasteiger partial charge in [0.05, 0.1) is 0 Å². The molecule has 0 saturated heterocycles. The molecule has 1 heteroatoms. The van der Waals surface area contributed by atoms with E-state index in [0.29, 0.717) is 0 Å². The smallest absolute Gasteiger partial charge is 0.00151 e. The molecule has 2 saturated carbocycles. The van der Waals surface area contributed by atoms with E-state index in [0.717, 1.165) is 23.8 Å². The molecule has 1 spiro atoms. The Morgan fingerprint density at radius 1 is 1.29 bits per heavy atom. The van der Waals surface area contributed by atoms with Gasteiger partial charge in [0, 0.05) is 0 Å². The highest BCUT2D eigenvalue weighted by atomic mass is 14.9. The van der Waals surface area contributed by atoms with Crippen LogP contribution in [-0.4, -0.2) is 13.1 Å². The normalized spacial score (nSPS) is 41.6. The molecular weight excluding hydrogens is 170 g/mol. The standard InChI is InChI=1S/C13H25N/c1-3-11-6-5-7-13(8-11)9-12(13)10-14-4-2/h11-12,14H,3-10H2,1-2H3. The van der Waals surface area contributed by atoms with Gasteiger partial charge in [0.25, 0.3) is 0 Å². The molecule has 1 nitrogen and oxygen atoms in total. The van der Waals surface area contributed by atoms with Crippen LogP contribution in [0.1, 0.15) is 52.4 Å². The molecule has 14 heavy (non-hydrogen) atoms. The average molecular weight is 195 g/mol. The Morgan fingerprint density at radius 2 is 2.14 bits per heavy atom. The van der Waals surface area contributed by atoms with Crippen LogP contribution in [-0.2, 0) is 0 Å². The highest BCUT2D eigenvalue weighted by molar-refractivity contribution is 5.05. The van der Waals surface area contributed by atoms with Crippen molar-refractivity contribution in [2.24, 2.45) is 17.3 Å². The van der Waals surface area contributed by atoms with Gasteiger partial charge in [-0.05, 0) is 49.6 Å². The maximum absolute atomic E-state index is 3.51. The molecule has 0 heterocycles. The van der Waals surface area contributed by atoms with E-state index in [1.54, 1.807) is 6.42 Å². The molecule has 2 aliphatic rings. The molecule has 2 rings (SSSR count).